The minimum atomic E-state index is 0.0199. The molecule has 2 rings (SSSR count). The van der Waals surface area contributed by atoms with E-state index < -0.39 is 0 Å². The third-order valence-electron chi connectivity index (χ3n) is 4.29. The predicted molar refractivity (Wildman–Crippen MR) is 94.0 cm³/mol. The van der Waals surface area contributed by atoms with Crippen LogP contribution in [0.3, 0.4) is 0 Å². The molecule has 2 amide bonds. The van der Waals surface area contributed by atoms with Crippen LogP contribution in [0.15, 0.2) is 24.3 Å². The van der Waals surface area contributed by atoms with Gasteiger partial charge in [0.05, 0.1) is 13.7 Å². The Morgan fingerprint density at radius 3 is 2.67 bits per heavy atom. The first-order valence-electron chi connectivity index (χ1n) is 8.40. The Morgan fingerprint density at radius 1 is 1.33 bits per heavy atom. The molecular weight excluding hydrogens is 304 g/mol. The molecule has 130 valence electrons. The molecule has 0 aromatic heterocycles. The first kappa shape index (κ1) is 18.2. The van der Waals surface area contributed by atoms with Gasteiger partial charge in [-0.15, -0.1) is 6.42 Å². The van der Waals surface area contributed by atoms with Crippen LogP contribution in [-0.4, -0.2) is 50.9 Å². The topological polar surface area (TPSA) is 50.8 Å². The van der Waals surface area contributed by atoms with E-state index in [4.69, 9.17) is 15.9 Å². The molecule has 0 unspecified atom stereocenters. The monoisotopic (exact) mass is 330 g/mol. The maximum absolute atomic E-state index is 12.2. The second kappa shape index (κ2) is 9.84. The Kier molecular flexibility index (Phi) is 7.44. The van der Waals surface area contributed by atoms with Crippen molar-refractivity contribution in [3.8, 4) is 18.1 Å². The molecule has 5 nitrogen and oxygen atoms in total. The van der Waals surface area contributed by atoms with Gasteiger partial charge in [-0.2, -0.15) is 0 Å². The van der Waals surface area contributed by atoms with Crippen LogP contribution in [0.4, 0.5) is 4.79 Å². The van der Waals surface area contributed by atoms with Crippen molar-refractivity contribution in [2.45, 2.75) is 19.3 Å². The molecule has 0 aliphatic carbocycles. The molecule has 0 atom stereocenters. The Labute approximate surface area is 144 Å². The lowest BCUT2D eigenvalue weighted by atomic mass is 9.98. The third-order valence-corrected chi connectivity index (χ3v) is 4.29. The number of amides is 2. The number of urea groups is 1. The SMILES string of the molecule is C#CCOCC1CCN(C(=O)NCCc2ccc(OC)cc2)CC1. The molecule has 1 aliphatic rings. The van der Waals surface area contributed by atoms with Crippen molar-refractivity contribution in [2.75, 3.05) is 40.0 Å². The van der Waals surface area contributed by atoms with Gasteiger partial charge in [0.2, 0.25) is 0 Å². The number of hydrogen-bond donors (Lipinski definition) is 1. The highest BCUT2D eigenvalue weighted by atomic mass is 16.5. The number of hydrogen-bond acceptors (Lipinski definition) is 3. The first-order chi connectivity index (χ1) is 11.7. The van der Waals surface area contributed by atoms with E-state index in [0.717, 1.165) is 38.1 Å². The lowest BCUT2D eigenvalue weighted by Gasteiger charge is -2.31. The zero-order chi connectivity index (χ0) is 17.2. The highest BCUT2D eigenvalue weighted by Crippen LogP contribution is 2.17. The van der Waals surface area contributed by atoms with Crippen LogP contribution in [0, 0.1) is 18.3 Å². The van der Waals surface area contributed by atoms with Crippen molar-refractivity contribution in [3.63, 3.8) is 0 Å². The van der Waals surface area contributed by atoms with E-state index in [0.29, 0.717) is 25.7 Å². The largest absolute Gasteiger partial charge is 0.497 e. The van der Waals surface area contributed by atoms with Crippen LogP contribution in [0.2, 0.25) is 0 Å². The molecule has 1 saturated heterocycles. The van der Waals surface area contributed by atoms with Crippen molar-refractivity contribution in [1.29, 1.82) is 0 Å². The van der Waals surface area contributed by atoms with Crippen LogP contribution in [0.5, 0.6) is 5.75 Å². The fourth-order valence-corrected chi connectivity index (χ4v) is 2.81. The van der Waals surface area contributed by atoms with E-state index in [1.807, 2.05) is 29.2 Å². The highest BCUT2D eigenvalue weighted by molar-refractivity contribution is 5.74. The van der Waals surface area contributed by atoms with E-state index in [9.17, 15) is 4.79 Å². The molecule has 1 N–H and O–H groups in total. The summed E-state index contributed by atoms with van der Waals surface area (Å²) in [6, 6.07) is 7.93. The average molecular weight is 330 g/mol. The molecule has 0 spiro atoms. The van der Waals surface area contributed by atoms with Crippen LogP contribution < -0.4 is 10.1 Å². The van der Waals surface area contributed by atoms with Crippen LogP contribution in [0.25, 0.3) is 0 Å². The molecule has 0 radical (unpaired) electrons. The molecule has 0 bridgehead atoms. The summed E-state index contributed by atoms with van der Waals surface area (Å²) in [5, 5.41) is 2.99. The lowest BCUT2D eigenvalue weighted by Crippen LogP contribution is -2.45. The van der Waals surface area contributed by atoms with Gasteiger partial charge in [0.25, 0.3) is 0 Å². The average Bonchev–Trinajstić information content (AvgIpc) is 2.63. The third kappa shape index (κ3) is 5.78. The Hall–Kier alpha value is -2.19. The number of carbonyl (C=O) groups is 1. The van der Waals surface area contributed by atoms with Crippen molar-refractivity contribution >= 4 is 6.03 Å². The lowest BCUT2D eigenvalue weighted by molar-refractivity contribution is 0.0912. The summed E-state index contributed by atoms with van der Waals surface area (Å²) in [5.74, 6) is 3.82. The number of carbonyl (C=O) groups excluding carboxylic acids is 1. The zero-order valence-corrected chi connectivity index (χ0v) is 14.3. The van der Waals surface area contributed by atoms with Gasteiger partial charge < -0.3 is 19.7 Å². The second-order valence-electron chi connectivity index (χ2n) is 5.98. The summed E-state index contributed by atoms with van der Waals surface area (Å²) < 4.78 is 10.5. The summed E-state index contributed by atoms with van der Waals surface area (Å²) in [6.45, 7) is 3.25. The Bertz CT molecular complexity index is 543. The van der Waals surface area contributed by atoms with Crippen molar-refractivity contribution in [2.24, 2.45) is 5.92 Å². The maximum atomic E-state index is 12.2. The van der Waals surface area contributed by atoms with Crippen molar-refractivity contribution in [1.82, 2.24) is 10.2 Å². The molecule has 1 aromatic rings. The zero-order valence-electron chi connectivity index (χ0n) is 14.3. The van der Waals surface area contributed by atoms with Gasteiger partial charge in [0.1, 0.15) is 12.4 Å². The summed E-state index contributed by atoms with van der Waals surface area (Å²) in [5.41, 5.74) is 1.18. The fourth-order valence-electron chi connectivity index (χ4n) is 2.81. The first-order valence-corrected chi connectivity index (χ1v) is 8.40. The summed E-state index contributed by atoms with van der Waals surface area (Å²) >= 11 is 0. The quantitative estimate of drug-likeness (QED) is 0.616. The van der Waals surface area contributed by atoms with Gasteiger partial charge in [-0.1, -0.05) is 18.1 Å². The van der Waals surface area contributed by atoms with Crippen LogP contribution >= 0.6 is 0 Å². The molecule has 1 fully saturated rings. The van der Waals surface area contributed by atoms with E-state index in [1.54, 1.807) is 7.11 Å². The van der Waals surface area contributed by atoms with Crippen LogP contribution in [0.1, 0.15) is 18.4 Å². The number of piperidine rings is 1. The van der Waals surface area contributed by atoms with Crippen LogP contribution in [-0.2, 0) is 11.2 Å². The van der Waals surface area contributed by atoms with Gasteiger partial charge in [-0.3, -0.25) is 0 Å². The molecule has 1 heterocycles. The van der Waals surface area contributed by atoms with Gasteiger partial charge in [0, 0.05) is 19.6 Å². The number of ether oxygens (including phenoxy) is 2. The number of methoxy groups -OCH3 is 1. The minimum absolute atomic E-state index is 0.0199. The smallest absolute Gasteiger partial charge is 0.317 e. The van der Waals surface area contributed by atoms with E-state index in [-0.39, 0.29) is 6.03 Å². The number of nitrogens with one attached hydrogen (secondary N) is 1. The fraction of sp³-hybridized carbons (Fsp3) is 0.526. The minimum Gasteiger partial charge on any atom is -0.497 e. The number of benzene rings is 1. The van der Waals surface area contributed by atoms with Gasteiger partial charge in [0.15, 0.2) is 0 Å². The van der Waals surface area contributed by atoms with E-state index in [2.05, 4.69) is 11.2 Å². The molecule has 1 aromatic carbocycles. The summed E-state index contributed by atoms with van der Waals surface area (Å²) in [6.07, 6.45) is 7.92. The molecule has 24 heavy (non-hydrogen) atoms. The van der Waals surface area contributed by atoms with Crippen molar-refractivity contribution < 1.29 is 14.3 Å². The number of rotatable bonds is 7. The number of nitrogens with zero attached hydrogens (tertiary/aromatic N) is 1. The van der Waals surface area contributed by atoms with Gasteiger partial charge in [-0.05, 0) is 42.9 Å². The molecular formula is C19H26N2O3. The molecule has 1 aliphatic heterocycles. The van der Waals surface area contributed by atoms with Gasteiger partial charge in [-0.25, -0.2) is 4.79 Å². The normalized spacial score (nSPS) is 14.9. The van der Waals surface area contributed by atoms with E-state index >= 15 is 0 Å². The van der Waals surface area contributed by atoms with Crippen molar-refractivity contribution in [3.05, 3.63) is 29.8 Å². The number of terminal acetylenes is 1. The van der Waals surface area contributed by atoms with Gasteiger partial charge >= 0.3 is 6.03 Å². The number of likely N-dealkylation sites (tertiary alicyclic amines) is 1. The highest BCUT2D eigenvalue weighted by Gasteiger charge is 2.22. The second-order valence-corrected chi connectivity index (χ2v) is 5.98. The predicted octanol–water partition coefficient (Wildman–Crippen LogP) is 2.31. The summed E-state index contributed by atoms with van der Waals surface area (Å²) in [7, 11) is 1.65. The standard InChI is InChI=1S/C19H26N2O3/c1-3-14-24-15-17-9-12-21(13-10-17)19(22)20-11-8-16-4-6-18(23-2)7-5-16/h1,4-7,17H,8-15H2,2H3,(H,20,22). The molecule has 0 saturated carbocycles. The Morgan fingerprint density at radius 2 is 2.04 bits per heavy atom. The summed E-state index contributed by atoms with van der Waals surface area (Å²) in [4.78, 5) is 14.1. The molecule has 5 heteroatoms. The van der Waals surface area contributed by atoms with E-state index in [1.165, 1.54) is 5.56 Å². The Balaban J connectivity index is 1.63. The maximum Gasteiger partial charge on any atom is 0.317 e.